The van der Waals surface area contributed by atoms with E-state index in [1.807, 2.05) is 0 Å². The van der Waals surface area contributed by atoms with Gasteiger partial charge in [0.25, 0.3) is 0 Å². The molecule has 8 heteroatoms. The maximum absolute atomic E-state index is 13.9. The molecule has 2 aromatic rings. The van der Waals surface area contributed by atoms with Gasteiger partial charge in [0.1, 0.15) is 30.3 Å². The van der Waals surface area contributed by atoms with Gasteiger partial charge in [0.15, 0.2) is 5.78 Å². The Hall–Kier alpha value is -2.38. The Labute approximate surface area is 162 Å². The smallest absolute Gasteiger partial charge is 0.187 e. The van der Waals surface area contributed by atoms with Gasteiger partial charge in [0.05, 0.1) is 20.8 Å². The Morgan fingerprint density at radius 1 is 1.58 bits per heavy atom. The largest absolute Gasteiger partial charge is 0.385 e. The molecule has 2 aromatic heterocycles. The van der Waals surface area contributed by atoms with E-state index in [9.17, 15) is 9.18 Å². The summed E-state index contributed by atoms with van der Waals surface area (Å²) in [4.78, 5) is 24.9. The summed E-state index contributed by atoms with van der Waals surface area (Å²) in [7, 11) is 0. The maximum Gasteiger partial charge on any atom is 0.187 e. The number of ether oxygens (including phenoxy) is 1. The van der Waals surface area contributed by atoms with Crippen molar-refractivity contribution < 1.29 is 20.8 Å². The number of nitrogens with zero attached hydrogens (tertiary/aromatic N) is 3. The average Bonchev–Trinajstić information content (AvgIpc) is 2.70. The van der Waals surface area contributed by atoms with Crippen LogP contribution in [-0.2, 0) is 16.7 Å². The minimum atomic E-state index is -2.84. The Balaban J connectivity index is 1.99. The van der Waals surface area contributed by atoms with Crippen LogP contribution in [0.15, 0.2) is 35.5 Å². The van der Waals surface area contributed by atoms with Crippen molar-refractivity contribution >= 4 is 23.2 Å². The van der Waals surface area contributed by atoms with Crippen molar-refractivity contribution in [3.8, 4) is 0 Å². The first-order valence-corrected chi connectivity index (χ1v) is 8.00. The number of aromatic nitrogens is 2. The molecular formula is C18H18ClFN4O2. The van der Waals surface area contributed by atoms with Gasteiger partial charge in [-0.1, -0.05) is 11.6 Å². The van der Waals surface area contributed by atoms with Crippen molar-refractivity contribution in [2.24, 2.45) is 10.7 Å². The van der Waals surface area contributed by atoms with Crippen molar-refractivity contribution in [1.29, 1.82) is 0 Å². The zero-order valence-electron chi connectivity index (χ0n) is 18.6. The molecule has 136 valence electrons. The van der Waals surface area contributed by atoms with Crippen molar-refractivity contribution in [2.75, 3.05) is 19.9 Å². The first-order valence-electron chi connectivity index (χ1n) is 10.1. The summed E-state index contributed by atoms with van der Waals surface area (Å²) in [5, 5.41) is -0.458. The number of alkyl halides is 1. The Kier molecular flexibility index (Phi) is 3.70. The molecule has 0 amide bonds. The highest BCUT2D eigenvalue weighted by Crippen LogP contribution is 2.30. The maximum atomic E-state index is 13.9. The number of hydrogen-bond acceptors (Lipinski definition) is 6. The van der Waals surface area contributed by atoms with Gasteiger partial charge in [-0.15, -0.1) is 0 Å². The topological polar surface area (TPSA) is 90.5 Å². The molecule has 26 heavy (non-hydrogen) atoms. The van der Waals surface area contributed by atoms with Crippen LogP contribution in [0.3, 0.4) is 0 Å². The van der Waals surface area contributed by atoms with E-state index in [0.29, 0.717) is 5.56 Å². The van der Waals surface area contributed by atoms with E-state index in [1.165, 1.54) is 18.3 Å². The van der Waals surface area contributed by atoms with E-state index in [0.717, 1.165) is 0 Å². The van der Waals surface area contributed by atoms with Gasteiger partial charge >= 0.3 is 0 Å². The Bertz CT molecular complexity index is 1070. The van der Waals surface area contributed by atoms with Gasteiger partial charge in [-0.25, -0.2) is 4.39 Å². The van der Waals surface area contributed by atoms with Crippen LogP contribution in [0.5, 0.6) is 0 Å². The highest BCUT2D eigenvalue weighted by molar-refractivity contribution is 6.30. The fourth-order valence-corrected chi connectivity index (χ4v) is 2.77. The second-order valence-corrected chi connectivity index (χ2v) is 6.16. The number of aliphatic imine (C=N–C) groups is 1. The quantitative estimate of drug-likeness (QED) is 0.803. The third kappa shape index (κ3) is 3.73. The van der Waals surface area contributed by atoms with Gasteiger partial charge in [0.2, 0.25) is 0 Å². The van der Waals surface area contributed by atoms with Crippen molar-refractivity contribution in [1.82, 2.24) is 9.97 Å². The van der Waals surface area contributed by atoms with E-state index in [4.69, 9.17) is 28.9 Å². The van der Waals surface area contributed by atoms with Crippen LogP contribution in [0, 0.1) is 6.85 Å². The number of pyridine rings is 2. The van der Waals surface area contributed by atoms with Crippen LogP contribution in [0.4, 0.5) is 4.39 Å². The number of carbonyl (C=O) groups excluding carboxylic acids is 1. The molecule has 1 unspecified atom stereocenters. The van der Waals surface area contributed by atoms with Gasteiger partial charge in [0, 0.05) is 22.2 Å². The molecule has 1 aliphatic rings. The first kappa shape index (κ1) is 12.9. The molecule has 0 saturated carbocycles. The average molecular weight is 382 g/mol. The molecule has 3 rings (SSSR count). The molecular weight excluding hydrogens is 359 g/mol. The predicted molar refractivity (Wildman–Crippen MR) is 96.3 cm³/mol. The van der Waals surface area contributed by atoms with E-state index >= 15 is 0 Å². The standard InChI is InChI=1S/C18H18ClFN4O2/c1-11-4-13(19)7-23-17(11)15(25)6-14-5-12(2-3-22-14)18(9-20)10-26-8-16(21)24-18/h2-5,7H,6,8-10H2,1H3,(H2,21,24)/i1D3,4D,7D. The lowest BCUT2D eigenvalue weighted by molar-refractivity contribution is 0.0826. The highest BCUT2D eigenvalue weighted by atomic mass is 35.5. The van der Waals surface area contributed by atoms with Gasteiger partial charge in [-0.05, 0) is 36.2 Å². The van der Waals surface area contributed by atoms with Gasteiger partial charge in [-0.3, -0.25) is 19.8 Å². The predicted octanol–water partition coefficient (Wildman–Crippen LogP) is 2.42. The number of Topliss-reactive ketones (excluding diaryl/α,β-unsaturated/α-hetero) is 1. The first-order chi connectivity index (χ1) is 14.5. The fraction of sp³-hybridized carbons (Fsp3) is 0.333. The van der Waals surface area contributed by atoms with Crippen LogP contribution in [0.25, 0.3) is 0 Å². The molecule has 0 aliphatic carbocycles. The van der Waals surface area contributed by atoms with Gasteiger partial charge < -0.3 is 10.5 Å². The summed E-state index contributed by atoms with van der Waals surface area (Å²) in [6.45, 7) is -3.69. The number of rotatable bonds is 5. The number of carbonyl (C=O) groups is 1. The third-order valence-corrected chi connectivity index (χ3v) is 4.05. The lowest BCUT2D eigenvalue weighted by Crippen LogP contribution is -2.41. The zero-order chi connectivity index (χ0) is 23.0. The Morgan fingerprint density at radius 3 is 3.15 bits per heavy atom. The van der Waals surface area contributed by atoms with E-state index in [-0.39, 0.29) is 24.7 Å². The molecule has 1 aliphatic heterocycles. The van der Waals surface area contributed by atoms with E-state index in [2.05, 4.69) is 15.0 Å². The highest BCUT2D eigenvalue weighted by Gasteiger charge is 2.36. The van der Waals surface area contributed by atoms with Crippen LogP contribution in [0.1, 0.15) is 34.2 Å². The minimum absolute atomic E-state index is 0.0477. The molecule has 0 bridgehead atoms. The van der Waals surface area contributed by atoms with E-state index < -0.39 is 59.8 Å². The summed E-state index contributed by atoms with van der Waals surface area (Å²) >= 11 is 5.79. The van der Waals surface area contributed by atoms with Crippen LogP contribution in [0.2, 0.25) is 5.02 Å². The number of amidine groups is 1. The molecule has 0 spiro atoms. The molecule has 2 N–H and O–H groups in total. The number of ketones is 1. The SMILES string of the molecule is [2H]c1nc(C(=O)Cc2cc(C3(CF)COCC(N)=N3)ccn2)c(C([2H])([2H])[2H])c([2H])c1Cl. The second kappa shape index (κ2) is 7.47. The molecule has 0 aromatic carbocycles. The summed E-state index contributed by atoms with van der Waals surface area (Å²) < 4.78 is 57.8. The van der Waals surface area contributed by atoms with Crippen molar-refractivity contribution in [2.45, 2.75) is 18.8 Å². The van der Waals surface area contributed by atoms with Crippen LogP contribution < -0.4 is 5.73 Å². The number of halogens is 2. The lowest BCUT2D eigenvalue weighted by atomic mass is 9.91. The summed E-state index contributed by atoms with van der Waals surface area (Å²) in [5.74, 6) is -0.636. The molecule has 6 nitrogen and oxygen atoms in total. The molecule has 0 radical (unpaired) electrons. The lowest BCUT2D eigenvalue weighted by Gasteiger charge is -2.31. The normalized spacial score (nSPS) is 23.2. The summed E-state index contributed by atoms with van der Waals surface area (Å²) in [5.41, 5.74) is 3.73. The minimum Gasteiger partial charge on any atom is -0.385 e. The second-order valence-electron chi connectivity index (χ2n) is 5.78. The summed E-state index contributed by atoms with van der Waals surface area (Å²) in [6.07, 6.45) is 0.388. The fourth-order valence-electron chi connectivity index (χ4n) is 2.63. The van der Waals surface area contributed by atoms with Crippen LogP contribution in [-0.4, -0.2) is 41.5 Å². The monoisotopic (exact) mass is 381 g/mol. The van der Waals surface area contributed by atoms with Crippen molar-refractivity contribution in [3.05, 3.63) is 58.1 Å². The number of nitrogens with two attached hydrogens (primary N) is 1. The Morgan fingerprint density at radius 2 is 2.42 bits per heavy atom. The van der Waals surface area contributed by atoms with Crippen LogP contribution >= 0.6 is 11.6 Å². The van der Waals surface area contributed by atoms with Gasteiger partial charge in [-0.2, -0.15) is 0 Å². The molecule has 0 fully saturated rings. The number of hydrogen-bond donors (Lipinski definition) is 1. The zero-order valence-corrected chi connectivity index (χ0v) is 14.3. The van der Waals surface area contributed by atoms with E-state index in [1.54, 1.807) is 0 Å². The summed E-state index contributed by atoms with van der Waals surface area (Å²) in [6, 6.07) is 2.33. The molecule has 3 heterocycles. The van der Waals surface area contributed by atoms with Crippen molar-refractivity contribution in [3.63, 3.8) is 0 Å². The molecule has 1 atom stereocenters. The third-order valence-electron chi connectivity index (χ3n) is 3.87. The molecule has 0 saturated heterocycles.